The van der Waals surface area contributed by atoms with Crippen molar-refractivity contribution in [3.05, 3.63) is 111 Å². The molecule has 5 aromatic rings. The highest BCUT2D eigenvalue weighted by molar-refractivity contribution is 5.83. The monoisotopic (exact) mass is 549 g/mol. The molecular formula is C32H35N7O2. The molecule has 1 fully saturated rings. The van der Waals surface area contributed by atoms with Crippen molar-refractivity contribution in [1.82, 2.24) is 30.1 Å². The third-order valence-electron chi connectivity index (χ3n) is 7.98. The molecule has 9 heteroatoms. The highest BCUT2D eigenvalue weighted by Gasteiger charge is 2.33. The Balaban J connectivity index is 1.37. The minimum Gasteiger partial charge on any atom is -0.495 e. The summed E-state index contributed by atoms with van der Waals surface area (Å²) in [6.45, 7) is 7.77. The number of aromatic amines is 1. The van der Waals surface area contributed by atoms with E-state index in [0.29, 0.717) is 17.9 Å². The fourth-order valence-corrected chi connectivity index (χ4v) is 5.96. The molecule has 210 valence electrons. The molecule has 2 aromatic heterocycles. The summed E-state index contributed by atoms with van der Waals surface area (Å²) in [5.74, 6) is 1.54. The summed E-state index contributed by atoms with van der Waals surface area (Å²) >= 11 is 0. The summed E-state index contributed by atoms with van der Waals surface area (Å²) in [6, 6.07) is 24.3. The number of benzene rings is 3. The van der Waals surface area contributed by atoms with Crippen LogP contribution in [0.4, 0.5) is 5.69 Å². The number of pyridine rings is 1. The number of aromatic nitrogens is 5. The van der Waals surface area contributed by atoms with Crippen molar-refractivity contribution in [1.29, 1.82) is 0 Å². The lowest BCUT2D eigenvalue weighted by atomic mass is 10.00. The zero-order valence-corrected chi connectivity index (χ0v) is 23.7. The Labute approximate surface area is 239 Å². The molecule has 41 heavy (non-hydrogen) atoms. The number of nitrogens with zero attached hydrogens (tertiary/aromatic N) is 6. The van der Waals surface area contributed by atoms with Gasteiger partial charge in [0.15, 0.2) is 5.82 Å². The lowest BCUT2D eigenvalue weighted by molar-refractivity contribution is 0.199. The molecule has 0 unspecified atom stereocenters. The number of para-hydroxylation sites is 2. The fraction of sp³-hybridized carbons (Fsp3) is 0.312. The van der Waals surface area contributed by atoms with Crippen molar-refractivity contribution < 1.29 is 4.74 Å². The number of anilines is 1. The number of aryl methyl sites for hydroxylation is 4. The Morgan fingerprint density at radius 3 is 2.49 bits per heavy atom. The van der Waals surface area contributed by atoms with Crippen molar-refractivity contribution in [2.75, 3.05) is 38.2 Å². The molecule has 1 N–H and O–H groups in total. The van der Waals surface area contributed by atoms with Gasteiger partial charge in [-0.2, -0.15) is 0 Å². The largest absolute Gasteiger partial charge is 0.495 e. The maximum atomic E-state index is 13.7. The Hall–Kier alpha value is -4.50. The van der Waals surface area contributed by atoms with Gasteiger partial charge in [-0.05, 0) is 71.5 Å². The van der Waals surface area contributed by atoms with Gasteiger partial charge in [0, 0.05) is 38.3 Å². The number of methoxy groups -OCH3 is 1. The minimum absolute atomic E-state index is 0.112. The average molecular weight is 550 g/mol. The van der Waals surface area contributed by atoms with E-state index in [2.05, 4.69) is 67.6 Å². The van der Waals surface area contributed by atoms with Crippen LogP contribution in [0, 0.1) is 13.8 Å². The summed E-state index contributed by atoms with van der Waals surface area (Å²) in [7, 11) is 1.70. The quantitative estimate of drug-likeness (QED) is 0.309. The van der Waals surface area contributed by atoms with Gasteiger partial charge in [0.1, 0.15) is 11.8 Å². The molecule has 1 aliphatic rings. The predicted octanol–water partition coefficient (Wildman–Crippen LogP) is 4.29. The van der Waals surface area contributed by atoms with Gasteiger partial charge in [-0.1, -0.05) is 54.1 Å². The smallest absolute Gasteiger partial charge is 0.253 e. The Morgan fingerprint density at radius 1 is 0.951 bits per heavy atom. The normalized spacial score (nSPS) is 14.9. The van der Waals surface area contributed by atoms with Crippen LogP contribution in [0.5, 0.6) is 5.75 Å². The third-order valence-corrected chi connectivity index (χ3v) is 7.98. The Bertz CT molecular complexity index is 1700. The van der Waals surface area contributed by atoms with E-state index in [1.165, 1.54) is 5.56 Å². The third kappa shape index (κ3) is 5.45. The number of ether oxygens (including phenoxy) is 1. The van der Waals surface area contributed by atoms with E-state index < -0.39 is 6.04 Å². The van der Waals surface area contributed by atoms with Gasteiger partial charge in [0.25, 0.3) is 5.56 Å². The van der Waals surface area contributed by atoms with Crippen LogP contribution in [-0.4, -0.2) is 63.4 Å². The van der Waals surface area contributed by atoms with E-state index in [1.54, 1.807) is 7.11 Å². The van der Waals surface area contributed by atoms with Gasteiger partial charge in [-0.15, -0.1) is 5.10 Å². The molecule has 3 aromatic carbocycles. The first-order valence-electron chi connectivity index (χ1n) is 14.1. The summed E-state index contributed by atoms with van der Waals surface area (Å²) in [5, 5.41) is 14.0. The SMILES string of the molecule is COc1ccccc1N1CCN([C@H](c2cc3cc(C)cc(C)c3[nH]c2=O)c2nnnn2CCc2ccccc2)CC1. The summed E-state index contributed by atoms with van der Waals surface area (Å²) < 4.78 is 7.48. The second-order valence-corrected chi connectivity index (χ2v) is 10.7. The molecule has 0 radical (unpaired) electrons. The van der Waals surface area contributed by atoms with Crippen molar-refractivity contribution in [3.8, 4) is 5.75 Å². The number of rotatable bonds is 8. The van der Waals surface area contributed by atoms with Crippen LogP contribution in [0.3, 0.4) is 0 Å². The molecule has 3 heterocycles. The van der Waals surface area contributed by atoms with Gasteiger partial charge in [-0.25, -0.2) is 4.68 Å². The molecule has 9 nitrogen and oxygen atoms in total. The van der Waals surface area contributed by atoms with Crippen molar-refractivity contribution in [3.63, 3.8) is 0 Å². The zero-order valence-electron chi connectivity index (χ0n) is 23.7. The maximum absolute atomic E-state index is 13.7. The second kappa shape index (κ2) is 11.5. The first-order valence-corrected chi connectivity index (χ1v) is 14.1. The summed E-state index contributed by atoms with van der Waals surface area (Å²) in [5.41, 5.74) is 5.91. The average Bonchev–Trinajstić information content (AvgIpc) is 3.46. The molecule has 0 spiro atoms. The number of tetrazole rings is 1. The van der Waals surface area contributed by atoms with E-state index in [1.807, 2.05) is 54.1 Å². The molecule has 0 amide bonds. The Kier molecular flexibility index (Phi) is 7.52. The van der Waals surface area contributed by atoms with Crippen molar-refractivity contribution >= 4 is 16.6 Å². The van der Waals surface area contributed by atoms with Crippen molar-refractivity contribution in [2.45, 2.75) is 32.9 Å². The van der Waals surface area contributed by atoms with E-state index in [0.717, 1.165) is 66.1 Å². The van der Waals surface area contributed by atoms with E-state index >= 15 is 0 Å². The van der Waals surface area contributed by atoms with Crippen LogP contribution in [-0.2, 0) is 13.0 Å². The van der Waals surface area contributed by atoms with E-state index in [-0.39, 0.29) is 5.56 Å². The number of fused-ring (bicyclic) bond motifs is 1. The molecular weight excluding hydrogens is 514 g/mol. The lowest BCUT2D eigenvalue weighted by Gasteiger charge is -2.40. The molecule has 0 aliphatic carbocycles. The first-order chi connectivity index (χ1) is 20.0. The number of H-pyrrole nitrogens is 1. The molecule has 0 saturated carbocycles. The van der Waals surface area contributed by atoms with Crippen molar-refractivity contribution in [2.24, 2.45) is 0 Å². The number of hydrogen-bond donors (Lipinski definition) is 1. The van der Waals surface area contributed by atoms with Crippen LogP contribution in [0.25, 0.3) is 10.9 Å². The second-order valence-electron chi connectivity index (χ2n) is 10.7. The van der Waals surface area contributed by atoms with E-state index in [9.17, 15) is 4.79 Å². The van der Waals surface area contributed by atoms with Gasteiger partial charge in [0.05, 0.1) is 18.3 Å². The maximum Gasteiger partial charge on any atom is 0.253 e. The minimum atomic E-state index is -0.394. The van der Waals surface area contributed by atoms with Crippen LogP contribution in [0.2, 0.25) is 0 Å². The molecule has 1 atom stereocenters. The van der Waals surface area contributed by atoms with Crippen LogP contribution in [0.1, 0.15) is 34.1 Å². The summed E-state index contributed by atoms with van der Waals surface area (Å²) in [4.78, 5) is 21.6. The van der Waals surface area contributed by atoms with Crippen LogP contribution in [0.15, 0.2) is 77.6 Å². The van der Waals surface area contributed by atoms with E-state index in [4.69, 9.17) is 4.74 Å². The highest BCUT2D eigenvalue weighted by Crippen LogP contribution is 2.32. The number of nitrogens with one attached hydrogen (secondary N) is 1. The topological polar surface area (TPSA) is 92.2 Å². The van der Waals surface area contributed by atoms with Gasteiger partial charge >= 0.3 is 0 Å². The van der Waals surface area contributed by atoms with Gasteiger partial charge in [0.2, 0.25) is 0 Å². The summed E-state index contributed by atoms with van der Waals surface area (Å²) in [6.07, 6.45) is 0.791. The van der Waals surface area contributed by atoms with Gasteiger partial charge < -0.3 is 14.6 Å². The number of hydrogen-bond acceptors (Lipinski definition) is 7. The highest BCUT2D eigenvalue weighted by atomic mass is 16.5. The van der Waals surface area contributed by atoms with Crippen LogP contribution >= 0.6 is 0 Å². The first kappa shape index (κ1) is 26.7. The standard InChI is InChI=1S/C32H35N7O2/c1-22-19-23(2)29-25(20-22)21-26(32(40)33-29)30(31-34-35-36-39(31)14-13-24-9-5-4-6-10-24)38-17-15-37(16-18-38)27-11-7-8-12-28(27)41-3/h4-12,19-21,30H,13-18H2,1-3H3,(H,33,40)/t30-/m1/s1. The van der Waals surface area contributed by atoms with Crippen LogP contribution < -0.4 is 15.2 Å². The molecule has 6 rings (SSSR count). The number of piperazine rings is 1. The fourth-order valence-electron chi connectivity index (χ4n) is 5.96. The molecule has 0 bridgehead atoms. The van der Waals surface area contributed by atoms with Gasteiger partial charge in [-0.3, -0.25) is 9.69 Å². The zero-order chi connectivity index (χ0) is 28.3. The lowest BCUT2D eigenvalue weighted by Crippen LogP contribution is -2.49. The molecule has 1 saturated heterocycles. The molecule has 1 aliphatic heterocycles. The Morgan fingerprint density at radius 2 is 1.71 bits per heavy atom. The predicted molar refractivity (Wildman–Crippen MR) is 161 cm³/mol.